The van der Waals surface area contributed by atoms with E-state index in [2.05, 4.69) is 4.72 Å². The molecule has 1 N–H and O–H groups in total. The summed E-state index contributed by atoms with van der Waals surface area (Å²) in [6.07, 6.45) is 1.38. The second-order valence-electron chi connectivity index (χ2n) is 2.66. The second-order valence-corrected chi connectivity index (χ2v) is 4.37. The van der Waals surface area contributed by atoms with Crippen LogP contribution in [0.2, 0.25) is 0 Å². The predicted molar refractivity (Wildman–Crippen MR) is 48.4 cm³/mol. The van der Waals surface area contributed by atoms with Gasteiger partial charge >= 0.3 is 0 Å². The van der Waals surface area contributed by atoms with E-state index in [1.54, 1.807) is 0 Å². The molecule has 0 bridgehead atoms. The van der Waals surface area contributed by atoms with Crippen LogP contribution in [0.3, 0.4) is 0 Å². The van der Waals surface area contributed by atoms with Gasteiger partial charge in [0.2, 0.25) is 0 Å². The highest BCUT2D eigenvalue weighted by Gasteiger charge is 2.34. The van der Waals surface area contributed by atoms with Gasteiger partial charge in [0.1, 0.15) is 5.75 Å². The Kier molecular flexibility index (Phi) is 4.28. The summed E-state index contributed by atoms with van der Waals surface area (Å²) in [4.78, 5) is 11.0. The van der Waals surface area contributed by atoms with Crippen molar-refractivity contribution >= 4 is 23.0 Å². The number of halogens is 1. The van der Waals surface area contributed by atoms with Crippen LogP contribution in [0, 0.1) is 4.91 Å². The third-order valence-electron chi connectivity index (χ3n) is 1.73. The van der Waals surface area contributed by atoms with Gasteiger partial charge in [-0.25, -0.2) is 0 Å². The smallest absolute Gasteiger partial charge is 0.292 e. The van der Waals surface area contributed by atoms with Crippen molar-refractivity contribution < 1.29 is 9.31 Å². The maximum Gasteiger partial charge on any atom is 0.292 e. The van der Waals surface area contributed by atoms with Crippen LogP contribution in [0.1, 0.15) is 12.8 Å². The molecule has 1 aliphatic rings. The largest absolute Gasteiger partial charge is 0.598 e. The zero-order chi connectivity index (χ0) is 8.97. The minimum Gasteiger partial charge on any atom is -0.598 e. The highest BCUT2D eigenvalue weighted by molar-refractivity contribution is 7.89. The van der Waals surface area contributed by atoms with Crippen molar-refractivity contribution in [2.75, 3.05) is 18.2 Å². The van der Waals surface area contributed by atoms with Gasteiger partial charge in [-0.3, -0.25) is 0 Å². The third kappa shape index (κ3) is 2.90. The lowest BCUT2D eigenvalue weighted by molar-refractivity contribution is -0.567. The van der Waals surface area contributed by atoms with Gasteiger partial charge in [-0.15, -0.1) is 11.6 Å². The molecule has 1 rings (SSSR count). The number of nitrogens with one attached hydrogen (secondary N) is 1. The summed E-state index contributed by atoms with van der Waals surface area (Å²) in [5, 5.41) is 0. The minimum absolute atomic E-state index is 0.269. The second kappa shape index (κ2) is 5.01. The summed E-state index contributed by atoms with van der Waals surface area (Å²) in [6.45, 7) is 0.537. The fourth-order valence-electron chi connectivity index (χ4n) is 1.14. The molecular weight excluding hydrogens is 200 g/mol. The van der Waals surface area contributed by atoms with E-state index < -0.39 is 11.4 Å². The molecule has 2 unspecified atom stereocenters. The normalized spacial score (nSPS) is 26.2. The molecular formula is C6H12ClN2O2S+. The molecule has 0 aromatic carbocycles. The van der Waals surface area contributed by atoms with Crippen LogP contribution in [0.15, 0.2) is 0 Å². The lowest BCUT2D eigenvalue weighted by Crippen LogP contribution is -2.40. The van der Waals surface area contributed by atoms with Crippen LogP contribution in [0.25, 0.3) is 0 Å². The molecule has 1 saturated heterocycles. The molecule has 1 heterocycles. The number of rotatable bonds is 4. The Morgan fingerprint density at radius 1 is 1.75 bits per heavy atom. The molecule has 4 nitrogen and oxygen atoms in total. The Bertz CT molecular complexity index is 170. The molecule has 0 amide bonds. The molecule has 0 saturated carbocycles. The summed E-state index contributed by atoms with van der Waals surface area (Å²) in [5.41, 5.74) is 0. The predicted octanol–water partition coefficient (Wildman–Crippen LogP) is 0.377. The highest BCUT2D eigenvalue weighted by Crippen LogP contribution is 2.09. The first-order chi connectivity index (χ1) is 5.74. The standard InChI is InChI=1S/C6H12ClN2O2S/c7-3-5-12(11)8-6-2-1-4-9(6)10/h6,8H,1-5H2/q+1. The van der Waals surface area contributed by atoms with Crippen molar-refractivity contribution in [3.8, 4) is 0 Å². The van der Waals surface area contributed by atoms with E-state index in [9.17, 15) is 9.46 Å². The van der Waals surface area contributed by atoms with Gasteiger partial charge in [-0.1, -0.05) is 4.72 Å². The number of hydrogen-bond donors (Lipinski definition) is 1. The monoisotopic (exact) mass is 211 g/mol. The Hall–Kier alpha value is 0.160. The molecule has 0 spiro atoms. The molecule has 0 aromatic rings. The zero-order valence-corrected chi connectivity index (χ0v) is 8.24. The Labute approximate surface area is 79.5 Å². The average molecular weight is 212 g/mol. The Morgan fingerprint density at radius 2 is 2.50 bits per heavy atom. The Balaban J connectivity index is 2.25. The van der Waals surface area contributed by atoms with E-state index in [0.29, 0.717) is 18.2 Å². The van der Waals surface area contributed by atoms with Crippen LogP contribution in [0.4, 0.5) is 0 Å². The lowest BCUT2D eigenvalue weighted by Gasteiger charge is -2.09. The van der Waals surface area contributed by atoms with Crippen LogP contribution in [0.5, 0.6) is 0 Å². The fraction of sp³-hybridized carbons (Fsp3) is 1.00. The van der Waals surface area contributed by atoms with Crippen LogP contribution < -0.4 is 4.72 Å². The van der Waals surface area contributed by atoms with Crippen molar-refractivity contribution in [2.24, 2.45) is 0 Å². The molecule has 0 aromatic heterocycles. The zero-order valence-electron chi connectivity index (χ0n) is 6.66. The van der Waals surface area contributed by atoms with Gasteiger partial charge in [-0.05, 0) is 0 Å². The molecule has 70 valence electrons. The maximum atomic E-state index is 11.1. The minimum atomic E-state index is -1.15. The first-order valence-corrected chi connectivity index (χ1v) is 5.73. The van der Waals surface area contributed by atoms with E-state index in [4.69, 9.17) is 11.6 Å². The van der Waals surface area contributed by atoms with Crippen molar-refractivity contribution in [3.05, 3.63) is 4.91 Å². The van der Waals surface area contributed by atoms with Gasteiger partial charge < -0.3 is 4.55 Å². The Morgan fingerprint density at radius 3 is 3.00 bits per heavy atom. The molecule has 2 atom stereocenters. The van der Waals surface area contributed by atoms with Gasteiger partial charge in [-0.2, -0.15) is 0 Å². The van der Waals surface area contributed by atoms with Crippen LogP contribution in [-0.4, -0.2) is 33.7 Å². The topological polar surface area (TPSA) is 55.2 Å². The average Bonchev–Trinajstić information content (AvgIpc) is 2.37. The van der Waals surface area contributed by atoms with Gasteiger partial charge in [0.15, 0.2) is 6.54 Å². The first-order valence-electron chi connectivity index (χ1n) is 3.88. The van der Waals surface area contributed by atoms with Gasteiger partial charge in [0.05, 0.1) is 5.88 Å². The van der Waals surface area contributed by atoms with Crippen molar-refractivity contribution in [1.29, 1.82) is 0 Å². The molecule has 12 heavy (non-hydrogen) atoms. The molecule has 6 heteroatoms. The number of alkyl halides is 1. The van der Waals surface area contributed by atoms with Gasteiger partial charge in [0, 0.05) is 33.9 Å². The number of hydrogen-bond acceptors (Lipinski definition) is 3. The van der Waals surface area contributed by atoms with E-state index in [0.717, 1.165) is 17.6 Å². The fourth-order valence-corrected chi connectivity index (χ4v) is 2.36. The number of nitrogens with zero attached hydrogens (tertiary/aromatic N) is 1. The van der Waals surface area contributed by atoms with E-state index >= 15 is 0 Å². The quantitative estimate of drug-likeness (QED) is 0.416. The van der Waals surface area contributed by atoms with E-state index in [1.165, 1.54) is 0 Å². The van der Waals surface area contributed by atoms with Crippen molar-refractivity contribution in [1.82, 2.24) is 4.72 Å². The molecule has 0 radical (unpaired) electrons. The first kappa shape index (κ1) is 10.2. The summed E-state index contributed by atoms with van der Waals surface area (Å²) in [7, 11) is 0. The summed E-state index contributed by atoms with van der Waals surface area (Å²) >= 11 is 4.24. The SMILES string of the molecule is O=[N+]1CCCC1N[S+]([O-])CCCl. The highest BCUT2D eigenvalue weighted by atomic mass is 35.5. The van der Waals surface area contributed by atoms with Gasteiger partial charge in [0.25, 0.3) is 6.17 Å². The van der Waals surface area contributed by atoms with E-state index in [-0.39, 0.29) is 6.17 Å². The number of nitroso groups, excluding NO2 is 1. The lowest BCUT2D eigenvalue weighted by atomic mass is 10.3. The maximum absolute atomic E-state index is 11.1. The molecule has 1 aliphatic heterocycles. The summed E-state index contributed by atoms with van der Waals surface area (Å²) in [6, 6.07) is 0. The van der Waals surface area contributed by atoms with E-state index in [1.807, 2.05) is 0 Å². The van der Waals surface area contributed by atoms with Crippen molar-refractivity contribution in [2.45, 2.75) is 19.0 Å². The van der Waals surface area contributed by atoms with Crippen LogP contribution >= 0.6 is 11.6 Å². The molecule has 1 fully saturated rings. The summed E-state index contributed by atoms with van der Waals surface area (Å²) in [5.74, 6) is 0.747. The van der Waals surface area contributed by atoms with Crippen molar-refractivity contribution in [3.63, 3.8) is 0 Å². The third-order valence-corrected chi connectivity index (χ3v) is 3.26. The summed E-state index contributed by atoms with van der Waals surface area (Å²) < 4.78 is 14.8. The van der Waals surface area contributed by atoms with Crippen LogP contribution in [-0.2, 0) is 11.4 Å². The molecule has 0 aliphatic carbocycles.